The van der Waals surface area contributed by atoms with Crippen molar-refractivity contribution in [2.75, 3.05) is 7.11 Å². The minimum atomic E-state index is -0.298. The Kier molecular flexibility index (Phi) is 4.74. The van der Waals surface area contributed by atoms with Gasteiger partial charge >= 0.3 is 5.97 Å². The number of carbonyl (C=O) groups excluding carboxylic acids is 1. The number of hydrogen-bond donors (Lipinski definition) is 0. The molecule has 0 fully saturated rings. The van der Waals surface area contributed by atoms with Crippen molar-refractivity contribution >= 4 is 44.2 Å². The van der Waals surface area contributed by atoms with Gasteiger partial charge in [0.1, 0.15) is 6.10 Å². The monoisotopic (exact) mass is 556 g/mol. The predicted octanol–water partition coefficient (Wildman–Crippen LogP) is 3.02. The van der Waals surface area contributed by atoms with Crippen molar-refractivity contribution in [1.29, 1.82) is 0 Å². The van der Waals surface area contributed by atoms with Gasteiger partial charge in [0, 0.05) is 68.5 Å². The number of rotatable bonds is 1. The van der Waals surface area contributed by atoms with Crippen LogP contribution in [-0.2, 0) is 27.2 Å². The number of hydrogen-bond acceptors (Lipinski definition) is 4. The maximum Gasteiger partial charge on any atom is 0.337 e. The van der Waals surface area contributed by atoms with Gasteiger partial charge < -0.3 is 14.0 Å². The first kappa shape index (κ1) is 18.5. The van der Waals surface area contributed by atoms with Crippen LogP contribution in [0, 0.1) is 11.8 Å². The second-order valence-corrected chi connectivity index (χ2v) is 7.19. The summed E-state index contributed by atoms with van der Waals surface area (Å²) in [6.45, 7) is 2.88. The van der Waals surface area contributed by atoms with Crippen molar-refractivity contribution in [3.05, 3.63) is 54.1 Å². The van der Waals surface area contributed by atoms with Crippen molar-refractivity contribution < 1.29 is 14.3 Å². The van der Waals surface area contributed by atoms with E-state index in [1.54, 1.807) is 6.26 Å². The van der Waals surface area contributed by atoms with Gasteiger partial charge in [0.05, 0.1) is 30.2 Å². The number of ether oxygens (including phenoxy) is 2. The molecular weight excluding hydrogens is 535 g/mol. The van der Waals surface area contributed by atoms with Crippen LogP contribution >= 0.6 is 0 Å². The molecule has 6 heteroatoms. The van der Waals surface area contributed by atoms with Gasteiger partial charge in [-0.25, -0.2) is 9.78 Å². The van der Waals surface area contributed by atoms with Crippen molar-refractivity contribution in [3.8, 4) is 11.3 Å². The molecule has 0 unspecified atom stereocenters. The van der Waals surface area contributed by atoms with Crippen molar-refractivity contribution in [2.45, 2.75) is 26.0 Å². The molecule has 136 valence electrons. The van der Waals surface area contributed by atoms with E-state index in [2.05, 4.69) is 29.8 Å². The maximum absolute atomic E-state index is 12.3. The molecule has 0 N–H and O–H groups in total. The summed E-state index contributed by atoms with van der Waals surface area (Å²) in [5, 5.41) is 1.18. The summed E-state index contributed by atoms with van der Waals surface area (Å²) in [6, 6.07) is 10.4. The molecule has 4 aliphatic rings. The van der Waals surface area contributed by atoms with E-state index in [0.29, 0.717) is 5.57 Å². The SMILES string of the molecule is COC(=O)C1=CO[C@@H](C)[C@H]2Cn3ccc4c5ccccc5nc-4c3C[C@H]12.[Pb]. The smallest absolute Gasteiger partial charge is 0.337 e. The average molecular weight is 556 g/mol. The van der Waals surface area contributed by atoms with Crippen LogP contribution in [0.5, 0.6) is 0 Å². The average Bonchev–Trinajstić information content (AvgIpc) is 3.06. The summed E-state index contributed by atoms with van der Waals surface area (Å²) in [5.41, 5.74) is 5.05. The first-order valence-corrected chi connectivity index (χ1v) is 8.97. The van der Waals surface area contributed by atoms with Crippen molar-refractivity contribution in [1.82, 2.24) is 9.55 Å². The van der Waals surface area contributed by atoms with Gasteiger partial charge in [-0.1, -0.05) is 18.2 Å². The Morgan fingerprint density at radius 1 is 1.30 bits per heavy atom. The number of benzene rings is 1. The number of methoxy groups -OCH3 is 1. The summed E-state index contributed by atoms with van der Waals surface area (Å²) >= 11 is 0. The zero-order valence-electron chi connectivity index (χ0n) is 15.3. The van der Waals surface area contributed by atoms with Crippen LogP contribution in [0.1, 0.15) is 12.6 Å². The van der Waals surface area contributed by atoms with Crippen LogP contribution in [0.25, 0.3) is 22.2 Å². The zero-order chi connectivity index (χ0) is 17.8. The molecule has 1 aromatic carbocycles. The van der Waals surface area contributed by atoms with Gasteiger partial charge in [-0.3, -0.25) is 0 Å². The number of esters is 1. The van der Waals surface area contributed by atoms with Gasteiger partial charge in [-0.05, 0) is 25.5 Å². The first-order valence-electron chi connectivity index (χ1n) is 8.97. The predicted molar refractivity (Wildman–Crippen MR) is 103 cm³/mol. The van der Waals surface area contributed by atoms with E-state index in [1.807, 2.05) is 18.2 Å². The van der Waals surface area contributed by atoms with Crippen LogP contribution in [0.15, 0.2) is 48.4 Å². The molecule has 0 amide bonds. The third kappa shape index (κ3) is 2.78. The summed E-state index contributed by atoms with van der Waals surface area (Å²) in [7, 11) is 1.42. The molecule has 4 radical (unpaired) electrons. The Bertz CT molecular complexity index is 1030. The fourth-order valence-corrected chi connectivity index (χ4v) is 4.49. The zero-order valence-corrected chi connectivity index (χ0v) is 19.2. The minimum Gasteiger partial charge on any atom is -0.497 e. The Hall–Kier alpha value is -1.90. The van der Waals surface area contributed by atoms with Gasteiger partial charge in [0.25, 0.3) is 0 Å². The van der Waals surface area contributed by atoms with Crippen LogP contribution in [-0.4, -0.2) is 56.0 Å². The number of carbonyl (C=O) groups is 1. The van der Waals surface area contributed by atoms with Crippen LogP contribution < -0.4 is 0 Å². The summed E-state index contributed by atoms with van der Waals surface area (Å²) in [4.78, 5) is 17.1. The Morgan fingerprint density at radius 3 is 2.93 bits per heavy atom. The van der Waals surface area contributed by atoms with E-state index >= 15 is 0 Å². The topological polar surface area (TPSA) is 53.4 Å². The number of para-hydroxylation sites is 1. The molecule has 0 bridgehead atoms. The fourth-order valence-electron chi connectivity index (χ4n) is 4.49. The van der Waals surface area contributed by atoms with Crippen molar-refractivity contribution in [2.24, 2.45) is 11.8 Å². The minimum absolute atomic E-state index is 0. The number of fused-ring (bicyclic) bond motifs is 6. The maximum atomic E-state index is 12.3. The van der Waals surface area contributed by atoms with E-state index in [-0.39, 0.29) is 51.2 Å². The molecule has 0 aliphatic carbocycles. The molecule has 5 nitrogen and oxygen atoms in total. The molecule has 5 rings (SSSR count). The molecule has 0 aromatic heterocycles. The van der Waals surface area contributed by atoms with E-state index in [9.17, 15) is 4.79 Å². The second kappa shape index (κ2) is 6.92. The summed E-state index contributed by atoms with van der Waals surface area (Å²) in [5.74, 6) is 0.0400. The second-order valence-electron chi connectivity index (χ2n) is 7.19. The van der Waals surface area contributed by atoms with Gasteiger partial charge in [0.2, 0.25) is 0 Å². The fraction of sp³-hybridized carbons (Fsp3) is 0.333. The first-order chi connectivity index (χ1) is 12.7. The third-order valence-corrected chi connectivity index (χ3v) is 5.89. The molecule has 0 saturated carbocycles. The molecule has 4 aliphatic heterocycles. The Balaban J connectivity index is 0.00000180. The van der Waals surface area contributed by atoms with Gasteiger partial charge in [-0.15, -0.1) is 0 Å². The molecule has 3 atom stereocenters. The number of aromatic nitrogens is 2. The van der Waals surface area contributed by atoms with E-state index in [0.717, 1.165) is 24.2 Å². The Labute approximate surface area is 177 Å². The molecule has 27 heavy (non-hydrogen) atoms. The van der Waals surface area contributed by atoms with Crippen LogP contribution in [0.3, 0.4) is 0 Å². The normalized spacial score (nSPS) is 23.6. The molecule has 4 heterocycles. The molecule has 1 aromatic rings. The van der Waals surface area contributed by atoms with Crippen LogP contribution in [0.2, 0.25) is 0 Å². The quantitative estimate of drug-likeness (QED) is 0.342. The summed E-state index contributed by atoms with van der Waals surface area (Å²) in [6.07, 6.45) is 4.57. The number of nitrogens with zero attached hydrogens (tertiary/aromatic N) is 2. The standard InChI is InChI=1S/C21H20N2O3.Pb/c1-12-16-10-23-8-7-14-13-5-3-4-6-18(13)22-20(14)19(23)9-15(16)17(11-26-12)21(24)25-2;/h3-8,11-12,15-16H,9-10H2,1-2H3;/t12-,15-,16+;/m0./s1. The van der Waals surface area contributed by atoms with Crippen molar-refractivity contribution in [3.63, 3.8) is 0 Å². The van der Waals surface area contributed by atoms with Crippen LogP contribution in [0.4, 0.5) is 0 Å². The molecular formula is C21H20N2O3Pb. The van der Waals surface area contributed by atoms with E-state index in [1.165, 1.54) is 23.8 Å². The molecule has 0 saturated heterocycles. The summed E-state index contributed by atoms with van der Waals surface area (Å²) < 4.78 is 13.0. The Morgan fingerprint density at radius 2 is 2.11 bits per heavy atom. The van der Waals surface area contributed by atoms with E-state index < -0.39 is 0 Å². The third-order valence-electron chi connectivity index (χ3n) is 5.89. The van der Waals surface area contributed by atoms with Gasteiger partial charge in [0.15, 0.2) is 0 Å². The number of pyridine rings is 1. The van der Waals surface area contributed by atoms with Gasteiger partial charge in [-0.2, -0.15) is 0 Å². The largest absolute Gasteiger partial charge is 0.497 e. The molecule has 0 spiro atoms. The van der Waals surface area contributed by atoms with E-state index in [4.69, 9.17) is 14.5 Å².